The van der Waals surface area contributed by atoms with Gasteiger partial charge in [-0.1, -0.05) is 32.3 Å². The summed E-state index contributed by atoms with van der Waals surface area (Å²) < 4.78 is 16.5. The van der Waals surface area contributed by atoms with Crippen molar-refractivity contribution in [3.63, 3.8) is 0 Å². The molecule has 3 aliphatic rings. The summed E-state index contributed by atoms with van der Waals surface area (Å²) in [5, 5.41) is 5.09. The van der Waals surface area contributed by atoms with Crippen LogP contribution in [0.3, 0.4) is 0 Å². The highest BCUT2D eigenvalue weighted by atomic mass is 32.2. The minimum atomic E-state index is -0.545. The Bertz CT molecular complexity index is 1460. The highest BCUT2D eigenvalue weighted by Gasteiger charge is 2.35. The molecule has 2 atom stereocenters. The molecule has 1 aliphatic carbocycles. The monoisotopic (exact) mass is 591 g/mol. The summed E-state index contributed by atoms with van der Waals surface area (Å²) >= 11 is 1.48. The standard InChI is InChI=1S/C33H45N5O3S/c1-7-42-38-32(39)36(5)24-13-15-26-28(17-24)37-19-23(21(2)34-33(3,4)35-38)20-41-29-18-25(40-6)14-16-27(29)31(37)30(26)22-11-9-8-10-12-22/h13-18,21-23,34-35H,7-12,19-20H2,1-6H3/t21?,23-/m0/s1. The first-order chi connectivity index (χ1) is 20.2. The summed E-state index contributed by atoms with van der Waals surface area (Å²) in [6.45, 7) is 9.84. The fourth-order valence-electron chi connectivity index (χ4n) is 7.07. The number of aromatic nitrogens is 1. The van der Waals surface area contributed by atoms with E-state index in [9.17, 15) is 4.79 Å². The highest BCUT2D eigenvalue weighted by Crippen LogP contribution is 2.48. The molecule has 2 amide bonds. The van der Waals surface area contributed by atoms with Crippen molar-refractivity contribution >= 4 is 34.6 Å². The van der Waals surface area contributed by atoms with Crippen molar-refractivity contribution in [2.24, 2.45) is 5.92 Å². The van der Waals surface area contributed by atoms with Crippen molar-refractivity contribution in [3.8, 4) is 22.8 Å². The van der Waals surface area contributed by atoms with Crippen LogP contribution in [0.5, 0.6) is 11.5 Å². The van der Waals surface area contributed by atoms with Gasteiger partial charge in [-0.25, -0.2) is 10.2 Å². The van der Waals surface area contributed by atoms with Gasteiger partial charge in [-0.3, -0.25) is 10.2 Å². The molecule has 226 valence electrons. The van der Waals surface area contributed by atoms with Crippen molar-refractivity contribution in [1.82, 2.24) is 19.7 Å². The van der Waals surface area contributed by atoms with Gasteiger partial charge in [0, 0.05) is 54.0 Å². The lowest BCUT2D eigenvalue weighted by molar-refractivity contribution is 0.137. The molecule has 1 saturated carbocycles. The van der Waals surface area contributed by atoms with E-state index >= 15 is 0 Å². The van der Waals surface area contributed by atoms with Crippen LogP contribution < -0.4 is 25.1 Å². The summed E-state index contributed by atoms with van der Waals surface area (Å²) in [5.41, 5.74) is 8.80. The van der Waals surface area contributed by atoms with Gasteiger partial charge in [0.2, 0.25) is 0 Å². The van der Waals surface area contributed by atoms with Crippen LogP contribution in [-0.2, 0) is 6.54 Å². The first-order valence-corrected chi connectivity index (χ1v) is 16.4. The zero-order valence-electron chi connectivity index (χ0n) is 25.8. The van der Waals surface area contributed by atoms with E-state index in [1.165, 1.54) is 66.2 Å². The maximum absolute atomic E-state index is 13.9. The van der Waals surface area contributed by atoms with Crippen LogP contribution in [0.2, 0.25) is 0 Å². The van der Waals surface area contributed by atoms with E-state index in [1.54, 1.807) is 16.4 Å². The lowest BCUT2D eigenvalue weighted by Crippen LogP contribution is -2.63. The number of urea groups is 1. The van der Waals surface area contributed by atoms with Gasteiger partial charge in [0.15, 0.2) is 0 Å². The third-order valence-electron chi connectivity index (χ3n) is 9.20. The normalized spacial score (nSPS) is 23.0. The van der Waals surface area contributed by atoms with Crippen LogP contribution in [0.4, 0.5) is 10.5 Å². The molecule has 2 aromatic carbocycles. The highest BCUT2D eigenvalue weighted by molar-refractivity contribution is 7.97. The molecule has 1 unspecified atom stereocenters. The summed E-state index contributed by atoms with van der Waals surface area (Å²) in [6.07, 6.45) is 6.22. The van der Waals surface area contributed by atoms with E-state index in [0.717, 1.165) is 35.0 Å². The molecule has 9 heteroatoms. The average Bonchev–Trinajstić information content (AvgIpc) is 3.28. The Labute approximate surface area is 254 Å². The number of benzene rings is 2. The molecule has 8 nitrogen and oxygen atoms in total. The van der Waals surface area contributed by atoms with E-state index in [4.69, 9.17) is 9.47 Å². The molecular formula is C33H45N5O3S. The van der Waals surface area contributed by atoms with Gasteiger partial charge in [-0.2, -0.15) is 4.41 Å². The molecule has 6 rings (SSSR count). The van der Waals surface area contributed by atoms with Crippen molar-refractivity contribution in [1.29, 1.82) is 0 Å². The number of anilines is 1. The first kappa shape index (κ1) is 29.2. The van der Waals surface area contributed by atoms with Gasteiger partial charge in [-0.15, -0.1) is 0 Å². The van der Waals surface area contributed by atoms with Crippen LogP contribution in [0.1, 0.15) is 71.3 Å². The van der Waals surface area contributed by atoms with Gasteiger partial charge in [0.05, 0.1) is 30.6 Å². The molecule has 42 heavy (non-hydrogen) atoms. The lowest BCUT2D eigenvalue weighted by atomic mass is 9.81. The number of ether oxygens (including phenoxy) is 2. The zero-order valence-corrected chi connectivity index (χ0v) is 26.6. The Morgan fingerprint density at radius 2 is 1.90 bits per heavy atom. The summed E-state index contributed by atoms with van der Waals surface area (Å²) in [4.78, 5) is 15.6. The molecule has 2 N–H and O–H groups in total. The second-order valence-corrected chi connectivity index (χ2v) is 13.8. The molecule has 2 aliphatic heterocycles. The number of carbonyl (C=O) groups excluding carboxylic acids is 1. The largest absolute Gasteiger partial charge is 0.497 e. The zero-order chi connectivity index (χ0) is 29.6. The topological polar surface area (TPSA) is 71.0 Å². The van der Waals surface area contributed by atoms with E-state index in [-0.39, 0.29) is 18.0 Å². The first-order valence-electron chi connectivity index (χ1n) is 15.4. The number of fused-ring (bicyclic) bond motifs is 4. The Kier molecular flexibility index (Phi) is 8.11. The number of hydrogen-bond donors (Lipinski definition) is 2. The van der Waals surface area contributed by atoms with Crippen LogP contribution in [0.25, 0.3) is 22.2 Å². The van der Waals surface area contributed by atoms with Crippen LogP contribution in [0, 0.1) is 5.92 Å². The quantitative estimate of drug-likeness (QED) is 0.315. The minimum absolute atomic E-state index is 0.0910. The molecule has 0 radical (unpaired) electrons. The van der Waals surface area contributed by atoms with Gasteiger partial charge in [0.25, 0.3) is 0 Å². The Morgan fingerprint density at radius 3 is 2.64 bits per heavy atom. The fourth-order valence-corrected chi connectivity index (χ4v) is 7.86. The smallest absolute Gasteiger partial charge is 0.349 e. The Hall–Kier alpha value is -2.88. The van der Waals surface area contributed by atoms with Crippen molar-refractivity contribution in [2.45, 2.75) is 84.0 Å². The third-order valence-corrected chi connectivity index (χ3v) is 9.96. The maximum atomic E-state index is 13.9. The van der Waals surface area contributed by atoms with Gasteiger partial charge in [0.1, 0.15) is 11.5 Å². The maximum Gasteiger partial charge on any atom is 0.349 e. The summed E-state index contributed by atoms with van der Waals surface area (Å²) in [5.74, 6) is 3.10. The molecular weight excluding hydrogens is 546 g/mol. The van der Waals surface area contributed by atoms with Gasteiger partial charge >= 0.3 is 6.03 Å². The predicted molar refractivity (Wildman–Crippen MR) is 172 cm³/mol. The second kappa shape index (κ2) is 11.7. The number of hydrogen-bond acceptors (Lipinski definition) is 6. The van der Waals surface area contributed by atoms with E-state index in [0.29, 0.717) is 12.5 Å². The van der Waals surface area contributed by atoms with Crippen LogP contribution >= 0.6 is 11.9 Å². The molecule has 1 aromatic heterocycles. The lowest BCUT2D eigenvalue weighted by Gasteiger charge is -2.39. The predicted octanol–water partition coefficient (Wildman–Crippen LogP) is 7.13. The molecule has 0 saturated heterocycles. The van der Waals surface area contributed by atoms with Crippen molar-refractivity contribution in [2.75, 3.05) is 31.4 Å². The molecule has 0 spiro atoms. The fraction of sp³-hybridized carbons (Fsp3) is 0.545. The van der Waals surface area contributed by atoms with Crippen molar-refractivity contribution < 1.29 is 14.3 Å². The summed E-state index contributed by atoms with van der Waals surface area (Å²) in [6, 6.07) is 12.8. The average molecular weight is 592 g/mol. The number of carbonyl (C=O) groups is 1. The second-order valence-electron chi connectivity index (χ2n) is 12.6. The molecule has 4 bridgehead atoms. The van der Waals surface area contributed by atoms with E-state index in [2.05, 4.69) is 67.3 Å². The third kappa shape index (κ3) is 5.35. The van der Waals surface area contributed by atoms with Crippen LogP contribution in [0.15, 0.2) is 36.4 Å². The van der Waals surface area contributed by atoms with E-state index < -0.39 is 5.66 Å². The minimum Gasteiger partial charge on any atom is -0.497 e. The Morgan fingerprint density at radius 1 is 1.12 bits per heavy atom. The van der Waals surface area contributed by atoms with Gasteiger partial charge < -0.3 is 14.0 Å². The van der Waals surface area contributed by atoms with Gasteiger partial charge in [-0.05, 0) is 81.3 Å². The SMILES string of the molecule is CCSN1NC(C)(C)NC(C)[C@@H]2COc3cc(OC)ccc3-c3c(C4CCCCC4)c4ccc(cc4n3C2)N(C)C1=O. The molecule has 1 fully saturated rings. The summed E-state index contributed by atoms with van der Waals surface area (Å²) in [7, 11) is 3.58. The number of nitrogens with one attached hydrogen (secondary N) is 2. The number of rotatable bonds is 4. The molecule has 3 aromatic rings. The number of nitrogens with zero attached hydrogens (tertiary/aromatic N) is 3. The number of hydrazine groups is 1. The molecule has 3 heterocycles. The number of methoxy groups -OCH3 is 1. The Balaban J connectivity index is 1.62. The van der Waals surface area contributed by atoms with E-state index in [1.807, 2.05) is 19.2 Å². The number of amides is 2. The van der Waals surface area contributed by atoms with Crippen molar-refractivity contribution in [3.05, 3.63) is 42.0 Å². The van der Waals surface area contributed by atoms with Crippen LogP contribution in [-0.4, -0.2) is 53.2 Å².